The van der Waals surface area contributed by atoms with Crippen LogP contribution in [0.1, 0.15) is 50.2 Å². The van der Waals surface area contributed by atoms with Crippen molar-refractivity contribution in [2.45, 2.75) is 52.0 Å². The highest BCUT2D eigenvalue weighted by molar-refractivity contribution is 5.88. The molecule has 7 heteroatoms. The third-order valence-corrected chi connectivity index (χ3v) is 5.14. The molecule has 0 aromatic carbocycles. The van der Waals surface area contributed by atoms with Crippen molar-refractivity contribution in [2.75, 3.05) is 20.1 Å². The summed E-state index contributed by atoms with van der Waals surface area (Å²) in [6, 6.07) is 0. The highest BCUT2D eigenvalue weighted by atomic mass is 16.5. The predicted molar refractivity (Wildman–Crippen MR) is 86.8 cm³/mol. The van der Waals surface area contributed by atoms with Crippen LogP contribution in [0.4, 0.5) is 0 Å². The van der Waals surface area contributed by atoms with Gasteiger partial charge in [0.1, 0.15) is 0 Å². The Morgan fingerprint density at radius 1 is 1.17 bits per heavy atom. The maximum Gasteiger partial charge on any atom is 0.246 e. The van der Waals surface area contributed by atoms with E-state index in [1.54, 1.807) is 18.9 Å². The van der Waals surface area contributed by atoms with E-state index in [4.69, 9.17) is 4.52 Å². The molecular weight excluding hydrogens is 308 g/mol. The van der Waals surface area contributed by atoms with Gasteiger partial charge in [0.25, 0.3) is 0 Å². The van der Waals surface area contributed by atoms with E-state index in [-0.39, 0.29) is 23.7 Å². The lowest BCUT2D eigenvalue weighted by atomic mass is 9.77. The van der Waals surface area contributed by atoms with E-state index in [0.717, 1.165) is 51.6 Å². The molecular formula is C17H26N4O3. The van der Waals surface area contributed by atoms with E-state index in [9.17, 15) is 9.59 Å². The van der Waals surface area contributed by atoms with E-state index in [0.29, 0.717) is 18.3 Å². The van der Waals surface area contributed by atoms with Crippen LogP contribution in [-0.4, -0.2) is 51.9 Å². The van der Waals surface area contributed by atoms with Gasteiger partial charge in [-0.15, -0.1) is 0 Å². The Labute approximate surface area is 142 Å². The van der Waals surface area contributed by atoms with Crippen LogP contribution in [0.2, 0.25) is 0 Å². The van der Waals surface area contributed by atoms with E-state index in [2.05, 4.69) is 10.1 Å². The lowest BCUT2D eigenvalue weighted by molar-refractivity contribution is -0.147. The largest absolute Gasteiger partial charge is 0.342 e. The second-order valence-electron chi connectivity index (χ2n) is 6.96. The molecule has 1 saturated carbocycles. The number of nitrogens with zero attached hydrogens (tertiary/aromatic N) is 4. The Bertz CT molecular complexity index is 594. The number of amides is 2. The van der Waals surface area contributed by atoms with E-state index >= 15 is 0 Å². The normalized spacial score (nSPS) is 24.2. The minimum absolute atomic E-state index is 0.0168. The van der Waals surface area contributed by atoms with Crippen molar-refractivity contribution in [3.8, 4) is 0 Å². The summed E-state index contributed by atoms with van der Waals surface area (Å²) >= 11 is 0. The fourth-order valence-electron chi connectivity index (χ4n) is 3.86. The minimum atomic E-state index is -0.221. The van der Waals surface area contributed by atoms with Crippen molar-refractivity contribution in [3.05, 3.63) is 11.7 Å². The summed E-state index contributed by atoms with van der Waals surface area (Å²) < 4.78 is 5.10. The monoisotopic (exact) mass is 334 g/mol. The number of carbonyl (C=O) groups excluding carboxylic acids is 2. The molecule has 2 amide bonds. The molecule has 0 radical (unpaired) electrons. The highest BCUT2D eigenvalue weighted by Crippen LogP contribution is 2.33. The third-order valence-electron chi connectivity index (χ3n) is 5.14. The number of aryl methyl sites for hydroxylation is 1. The van der Waals surface area contributed by atoms with Crippen LogP contribution in [0, 0.1) is 18.8 Å². The number of hydrogen-bond acceptors (Lipinski definition) is 5. The van der Waals surface area contributed by atoms with Crippen molar-refractivity contribution in [1.82, 2.24) is 19.9 Å². The number of rotatable bonds is 4. The Kier molecular flexibility index (Phi) is 5.16. The molecule has 1 aromatic heterocycles. The summed E-state index contributed by atoms with van der Waals surface area (Å²) in [6.07, 6.45) is 5.80. The Hall–Kier alpha value is -1.92. The molecule has 1 saturated heterocycles. The van der Waals surface area contributed by atoms with Gasteiger partial charge < -0.3 is 14.3 Å². The molecule has 132 valence electrons. The first-order chi connectivity index (χ1) is 11.6. The maximum atomic E-state index is 12.9. The lowest BCUT2D eigenvalue weighted by Crippen LogP contribution is -2.45. The molecule has 0 unspecified atom stereocenters. The summed E-state index contributed by atoms with van der Waals surface area (Å²) in [7, 11) is 1.74. The number of aromatic nitrogens is 2. The number of hydrogen-bond donors (Lipinski definition) is 0. The van der Waals surface area contributed by atoms with Crippen LogP contribution in [0.3, 0.4) is 0 Å². The zero-order valence-electron chi connectivity index (χ0n) is 14.5. The second-order valence-corrected chi connectivity index (χ2v) is 6.96. The van der Waals surface area contributed by atoms with Crippen LogP contribution in [-0.2, 0) is 16.1 Å². The van der Waals surface area contributed by atoms with Gasteiger partial charge in [-0.05, 0) is 32.6 Å². The van der Waals surface area contributed by atoms with Gasteiger partial charge in [0.05, 0.1) is 6.54 Å². The van der Waals surface area contributed by atoms with Crippen molar-refractivity contribution in [2.24, 2.45) is 11.8 Å². The Morgan fingerprint density at radius 2 is 1.83 bits per heavy atom. The molecule has 7 nitrogen and oxygen atoms in total. The van der Waals surface area contributed by atoms with Crippen molar-refractivity contribution in [1.29, 1.82) is 0 Å². The molecule has 2 fully saturated rings. The third kappa shape index (κ3) is 3.60. The zero-order chi connectivity index (χ0) is 17.1. The molecule has 0 bridgehead atoms. The summed E-state index contributed by atoms with van der Waals surface area (Å²) in [4.78, 5) is 33.4. The second kappa shape index (κ2) is 7.32. The first-order valence-corrected chi connectivity index (χ1v) is 8.89. The van der Waals surface area contributed by atoms with Crippen molar-refractivity contribution in [3.63, 3.8) is 0 Å². The van der Waals surface area contributed by atoms with Crippen molar-refractivity contribution >= 4 is 11.8 Å². The fraction of sp³-hybridized carbons (Fsp3) is 0.765. The topological polar surface area (TPSA) is 79.5 Å². The molecule has 1 aliphatic carbocycles. The average molecular weight is 334 g/mol. The Morgan fingerprint density at radius 3 is 2.46 bits per heavy atom. The van der Waals surface area contributed by atoms with Crippen LogP contribution >= 0.6 is 0 Å². The molecule has 0 N–H and O–H groups in total. The summed E-state index contributed by atoms with van der Waals surface area (Å²) in [6.45, 7) is 3.72. The van der Waals surface area contributed by atoms with Crippen LogP contribution < -0.4 is 0 Å². The van der Waals surface area contributed by atoms with E-state index < -0.39 is 0 Å². The van der Waals surface area contributed by atoms with Crippen molar-refractivity contribution < 1.29 is 14.1 Å². The summed E-state index contributed by atoms with van der Waals surface area (Å²) in [5.74, 6) is 0.792. The first kappa shape index (κ1) is 16.9. The first-order valence-electron chi connectivity index (χ1n) is 8.89. The van der Waals surface area contributed by atoms with E-state index in [1.165, 1.54) is 0 Å². The fourth-order valence-corrected chi connectivity index (χ4v) is 3.86. The molecule has 24 heavy (non-hydrogen) atoms. The molecule has 2 aliphatic rings. The molecule has 2 atom stereocenters. The average Bonchev–Trinajstić information content (AvgIpc) is 3.25. The maximum absolute atomic E-state index is 12.9. The van der Waals surface area contributed by atoms with Gasteiger partial charge in [-0.1, -0.05) is 18.0 Å². The Balaban J connectivity index is 1.67. The van der Waals surface area contributed by atoms with Crippen LogP contribution in [0.25, 0.3) is 0 Å². The van der Waals surface area contributed by atoms with Gasteiger partial charge in [0.15, 0.2) is 5.82 Å². The van der Waals surface area contributed by atoms with Gasteiger partial charge in [-0.3, -0.25) is 9.59 Å². The molecule has 3 rings (SSSR count). The standard InChI is InChI=1S/C17H26N4O3/c1-12-18-15(24-19-12)11-20(2)16(22)13-7-3-4-8-14(13)17(23)21-9-5-6-10-21/h13-14H,3-11H2,1-2H3/t13-,14+/m1/s1. The molecule has 1 aliphatic heterocycles. The quantitative estimate of drug-likeness (QED) is 0.838. The molecule has 1 aromatic rings. The summed E-state index contributed by atoms with van der Waals surface area (Å²) in [5, 5.41) is 3.75. The number of carbonyl (C=O) groups is 2. The van der Waals surface area contributed by atoms with Gasteiger partial charge in [0, 0.05) is 32.0 Å². The molecule has 2 heterocycles. The lowest BCUT2D eigenvalue weighted by Gasteiger charge is -2.34. The molecule has 0 spiro atoms. The summed E-state index contributed by atoms with van der Waals surface area (Å²) in [5.41, 5.74) is 0. The zero-order valence-corrected chi connectivity index (χ0v) is 14.5. The van der Waals surface area contributed by atoms with Crippen LogP contribution in [0.15, 0.2) is 4.52 Å². The SMILES string of the molecule is Cc1noc(CN(C)C(=O)[C@@H]2CCCC[C@@H]2C(=O)N2CCCC2)n1. The smallest absolute Gasteiger partial charge is 0.246 e. The van der Waals surface area contributed by atoms with Gasteiger partial charge in [-0.2, -0.15) is 4.98 Å². The van der Waals surface area contributed by atoms with Gasteiger partial charge in [-0.25, -0.2) is 0 Å². The number of likely N-dealkylation sites (tertiary alicyclic amines) is 1. The minimum Gasteiger partial charge on any atom is -0.342 e. The van der Waals surface area contributed by atoms with Gasteiger partial charge in [0.2, 0.25) is 17.7 Å². The van der Waals surface area contributed by atoms with E-state index in [1.807, 2.05) is 4.90 Å². The van der Waals surface area contributed by atoms with Crippen LogP contribution in [0.5, 0.6) is 0 Å². The highest BCUT2D eigenvalue weighted by Gasteiger charge is 2.39. The van der Waals surface area contributed by atoms with Gasteiger partial charge >= 0.3 is 0 Å². The predicted octanol–water partition coefficient (Wildman–Crippen LogP) is 1.77.